The molecule has 0 aliphatic rings. The van der Waals surface area contributed by atoms with E-state index in [9.17, 15) is 14.0 Å². The lowest BCUT2D eigenvalue weighted by Crippen LogP contribution is -2.18. The number of carbonyl (C=O) groups excluding carboxylic acids is 2. The Morgan fingerprint density at radius 3 is 2.32 bits per heavy atom. The Balaban J connectivity index is 1.63. The van der Waals surface area contributed by atoms with Crippen LogP contribution in [-0.2, 0) is 0 Å². The molecular formula is C22H18FN3O2. The molecule has 0 aliphatic heterocycles. The second kappa shape index (κ2) is 8.73. The Morgan fingerprint density at radius 1 is 0.893 bits per heavy atom. The van der Waals surface area contributed by atoms with Crippen LogP contribution < -0.4 is 10.7 Å². The minimum atomic E-state index is -0.426. The predicted octanol–water partition coefficient (Wildman–Crippen LogP) is 4.15. The van der Waals surface area contributed by atoms with Crippen molar-refractivity contribution >= 4 is 23.7 Å². The van der Waals surface area contributed by atoms with Crippen molar-refractivity contribution in [2.45, 2.75) is 6.92 Å². The van der Waals surface area contributed by atoms with Crippen LogP contribution >= 0.6 is 0 Å². The molecule has 0 bridgehead atoms. The number of benzene rings is 3. The van der Waals surface area contributed by atoms with Gasteiger partial charge in [0.15, 0.2) is 0 Å². The number of carbonyl (C=O) groups is 2. The fourth-order valence-corrected chi connectivity index (χ4v) is 2.43. The number of hydrogen-bond donors (Lipinski definition) is 2. The first kappa shape index (κ1) is 19.0. The Kier molecular flexibility index (Phi) is 5.91. The Hall–Kier alpha value is -3.80. The van der Waals surface area contributed by atoms with Crippen molar-refractivity contribution in [3.05, 3.63) is 101 Å². The molecule has 0 spiro atoms. The molecule has 0 atom stereocenters. The normalized spacial score (nSPS) is 10.6. The van der Waals surface area contributed by atoms with E-state index in [-0.39, 0.29) is 11.7 Å². The molecule has 6 heteroatoms. The molecule has 0 unspecified atom stereocenters. The second-order valence-corrected chi connectivity index (χ2v) is 6.15. The summed E-state index contributed by atoms with van der Waals surface area (Å²) in [7, 11) is 0. The minimum absolute atomic E-state index is 0.258. The third kappa shape index (κ3) is 5.11. The van der Waals surface area contributed by atoms with Gasteiger partial charge in [-0.15, -0.1) is 0 Å². The number of nitrogens with zero attached hydrogens (tertiary/aromatic N) is 1. The van der Waals surface area contributed by atoms with E-state index in [2.05, 4.69) is 15.8 Å². The van der Waals surface area contributed by atoms with Gasteiger partial charge in [0, 0.05) is 16.8 Å². The third-order valence-corrected chi connectivity index (χ3v) is 3.95. The van der Waals surface area contributed by atoms with Crippen molar-refractivity contribution in [2.75, 3.05) is 5.32 Å². The van der Waals surface area contributed by atoms with Crippen molar-refractivity contribution in [3.63, 3.8) is 0 Å². The van der Waals surface area contributed by atoms with Gasteiger partial charge < -0.3 is 5.32 Å². The number of amides is 2. The largest absolute Gasteiger partial charge is 0.322 e. The standard InChI is InChI=1S/C22H18FN3O2/c1-15-5-9-17(10-6-15)21(27)25-20-4-2-3-18(13-20)22(28)26-24-14-16-7-11-19(23)12-8-16/h2-14H,1H3,(H,25,27)(H,26,28). The Bertz CT molecular complexity index is 1010. The molecular weight excluding hydrogens is 357 g/mol. The van der Waals surface area contributed by atoms with Gasteiger partial charge in [-0.25, -0.2) is 9.82 Å². The van der Waals surface area contributed by atoms with Gasteiger partial charge in [0.2, 0.25) is 0 Å². The highest BCUT2D eigenvalue weighted by atomic mass is 19.1. The molecule has 140 valence electrons. The van der Waals surface area contributed by atoms with Gasteiger partial charge >= 0.3 is 0 Å². The first-order valence-corrected chi connectivity index (χ1v) is 8.58. The topological polar surface area (TPSA) is 70.6 Å². The summed E-state index contributed by atoms with van der Waals surface area (Å²) in [6.07, 6.45) is 1.42. The number of hydrogen-bond acceptors (Lipinski definition) is 3. The molecule has 0 radical (unpaired) electrons. The van der Waals surface area contributed by atoms with Crippen molar-refractivity contribution in [2.24, 2.45) is 5.10 Å². The van der Waals surface area contributed by atoms with Crippen molar-refractivity contribution in [1.29, 1.82) is 0 Å². The Labute approximate surface area is 161 Å². The fourth-order valence-electron chi connectivity index (χ4n) is 2.43. The molecule has 0 aliphatic carbocycles. The lowest BCUT2D eigenvalue weighted by atomic mass is 10.1. The number of halogens is 1. The molecule has 2 amide bonds. The van der Waals surface area contributed by atoms with E-state index in [0.717, 1.165) is 5.56 Å². The van der Waals surface area contributed by atoms with Gasteiger partial charge in [-0.2, -0.15) is 5.10 Å². The van der Waals surface area contributed by atoms with Crippen LogP contribution in [0.1, 0.15) is 31.8 Å². The SMILES string of the molecule is Cc1ccc(C(=O)Nc2cccc(C(=O)NN=Cc3ccc(F)cc3)c2)cc1. The maximum Gasteiger partial charge on any atom is 0.271 e. The zero-order valence-electron chi connectivity index (χ0n) is 15.1. The molecule has 5 nitrogen and oxygen atoms in total. The first-order chi connectivity index (χ1) is 13.5. The average molecular weight is 375 g/mol. The van der Waals surface area contributed by atoms with Gasteiger partial charge in [-0.05, 0) is 55.0 Å². The number of rotatable bonds is 5. The predicted molar refractivity (Wildman–Crippen MR) is 107 cm³/mol. The molecule has 0 saturated heterocycles. The van der Waals surface area contributed by atoms with Crippen molar-refractivity contribution < 1.29 is 14.0 Å². The van der Waals surface area contributed by atoms with E-state index in [1.807, 2.05) is 19.1 Å². The molecule has 0 heterocycles. The van der Waals surface area contributed by atoms with Crippen LogP contribution in [0.25, 0.3) is 0 Å². The lowest BCUT2D eigenvalue weighted by molar-refractivity contribution is 0.0953. The maximum atomic E-state index is 12.9. The molecule has 0 fully saturated rings. The summed E-state index contributed by atoms with van der Waals surface area (Å²) in [5, 5.41) is 6.63. The fraction of sp³-hybridized carbons (Fsp3) is 0.0455. The highest BCUT2D eigenvalue weighted by molar-refractivity contribution is 6.05. The quantitative estimate of drug-likeness (QED) is 0.519. The smallest absolute Gasteiger partial charge is 0.271 e. The van der Waals surface area contributed by atoms with E-state index in [1.54, 1.807) is 48.5 Å². The van der Waals surface area contributed by atoms with Gasteiger partial charge in [0.05, 0.1) is 6.21 Å². The minimum Gasteiger partial charge on any atom is -0.322 e. The van der Waals surface area contributed by atoms with Crippen LogP contribution in [0.2, 0.25) is 0 Å². The molecule has 3 aromatic rings. The molecule has 0 aromatic heterocycles. The highest BCUT2D eigenvalue weighted by Crippen LogP contribution is 2.13. The van der Waals surface area contributed by atoms with Crippen LogP contribution in [0.3, 0.4) is 0 Å². The summed E-state index contributed by atoms with van der Waals surface area (Å²) < 4.78 is 12.9. The number of nitrogens with one attached hydrogen (secondary N) is 2. The summed E-state index contributed by atoms with van der Waals surface area (Å²) >= 11 is 0. The van der Waals surface area contributed by atoms with Gasteiger partial charge in [0.25, 0.3) is 11.8 Å². The number of hydrazone groups is 1. The van der Waals surface area contributed by atoms with Gasteiger partial charge in [-0.1, -0.05) is 35.9 Å². The van der Waals surface area contributed by atoms with Crippen molar-refractivity contribution in [3.8, 4) is 0 Å². The van der Waals surface area contributed by atoms with E-state index >= 15 is 0 Å². The van der Waals surface area contributed by atoms with E-state index in [0.29, 0.717) is 22.4 Å². The molecule has 28 heavy (non-hydrogen) atoms. The van der Waals surface area contributed by atoms with Crippen LogP contribution in [0, 0.1) is 12.7 Å². The molecule has 0 saturated carbocycles. The van der Waals surface area contributed by atoms with E-state index in [1.165, 1.54) is 18.3 Å². The van der Waals surface area contributed by atoms with Crippen LogP contribution in [0.4, 0.5) is 10.1 Å². The summed E-state index contributed by atoms with van der Waals surface area (Å²) in [4.78, 5) is 24.5. The number of anilines is 1. The zero-order valence-corrected chi connectivity index (χ0v) is 15.1. The number of aryl methyl sites for hydroxylation is 1. The maximum absolute atomic E-state index is 12.9. The summed E-state index contributed by atoms with van der Waals surface area (Å²) in [6.45, 7) is 1.95. The monoisotopic (exact) mass is 375 g/mol. The van der Waals surface area contributed by atoms with E-state index in [4.69, 9.17) is 0 Å². The van der Waals surface area contributed by atoms with Gasteiger partial charge in [0.1, 0.15) is 5.82 Å². The summed E-state index contributed by atoms with van der Waals surface area (Å²) in [5.74, 6) is -1.03. The van der Waals surface area contributed by atoms with Crippen LogP contribution in [-0.4, -0.2) is 18.0 Å². The Morgan fingerprint density at radius 2 is 1.61 bits per heavy atom. The molecule has 2 N–H and O–H groups in total. The van der Waals surface area contributed by atoms with E-state index < -0.39 is 5.91 Å². The van der Waals surface area contributed by atoms with Crippen molar-refractivity contribution in [1.82, 2.24) is 5.43 Å². The average Bonchev–Trinajstić information content (AvgIpc) is 2.70. The van der Waals surface area contributed by atoms with Gasteiger partial charge in [-0.3, -0.25) is 9.59 Å². The zero-order chi connectivity index (χ0) is 19.9. The highest BCUT2D eigenvalue weighted by Gasteiger charge is 2.09. The summed E-state index contributed by atoms with van der Waals surface area (Å²) in [6, 6.07) is 19.5. The molecule has 3 rings (SSSR count). The van der Waals surface area contributed by atoms with Crippen LogP contribution in [0.5, 0.6) is 0 Å². The lowest BCUT2D eigenvalue weighted by Gasteiger charge is -2.07. The summed E-state index contributed by atoms with van der Waals surface area (Å²) in [5.41, 5.74) is 5.50. The third-order valence-electron chi connectivity index (χ3n) is 3.95. The first-order valence-electron chi connectivity index (χ1n) is 8.58. The van der Waals surface area contributed by atoms with Crippen LogP contribution in [0.15, 0.2) is 77.9 Å². The molecule has 3 aromatic carbocycles. The second-order valence-electron chi connectivity index (χ2n) is 6.15.